The zero-order chi connectivity index (χ0) is 30.0. The third-order valence-corrected chi connectivity index (χ3v) is 6.93. The van der Waals surface area contributed by atoms with Crippen molar-refractivity contribution in [3.05, 3.63) is 29.3 Å². The molecule has 0 saturated carbocycles. The Kier molecular flexibility index (Phi) is 9.80. The number of alkyl halides is 7. The molecule has 14 heteroatoms. The van der Waals surface area contributed by atoms with E-state index in [-0.39, 0.29) is 6.61 Å². The smallest absolute Gasteiger partial charge is 0.460 e. The van der Waals surface area contributed by atoms with Crippen LogP contribution in [0.1, 0.15) is 44.7 Å². The van der Waals surface area contributed by atoms with Gasteiger partial charge in [0.1, 0.15) is 19.5 Å². The number of oxime groups is 1. The van der Waals surface area contributed by atoms with Gasteiger partial charge in [-0.05, 0) is 65.7 Å². The molecule has 39 heavy (non-hydrogen) atoms. The molecule has 0 spiro atoms. The number of carbonyl (C=O) groups is 1. The highest BCUT2D eigenvalue weighted by Crippen LogP contribution is 2.48. The van der Waals surface area contributed by atoms with Crippen LogP contribution < -0.4 is 4.74 Å². The summed E-state index contributed by atoms with van der Waals surface area (Å²) in [7, 11) is -1.02. The fourth-order valence-corrected chi connectivity index (χ4v) is 5.30. The first kappa shape index (κ1) is 32.9. The third kappa shape index (κ3) is 7.65. The highest BCUT2D eigenvalue weighted by molar-refractivity contribution is 6.69. The zero-order valence-corrected chi connectivity index (χ0v) is 24.0. The topological polar surface area (TPSA) is 60.4 Å². The molecule has 0 aromatic heterocycles. The van der Waals surface area contributed by atoms with Crippen LogP contribution in [0.2, 0.25) is 19.6 Å². The molecule has 1 aliphatic rings. The molecule has 1 aliphatic carbocycles. The first-order valence-electron chi connectivity index (χ1n) is 12.3. The van der Waals surface area contributed by atoms with E-state index in [1.54, 1.807) is 31.8 Å². The Morgan fingerprint density at radius 3 is 2.18 bits per heavy atom. The summed E-state index contributed by atoms with van der Waals surface area (Å²) in [5.41, 5.74) is 0.798. The number of benzene rings is 1. The van der Waals surface area contributed by atoms with Gasteiger partial charge in [-0.1, -0.05) is 17.3 Å². The van der Waals surface area contributed by atoms with Crippen molar-refractivity contribution in [1.82, 2.24) is 4.90 Å². The van der Waals surface area contributed by atoms with E-state index in [0.717, 1.165) is 23.3 Å². The number of hydrogen-bond acceptors (Lipinski definition) is 5. The van der Waals surface area contributed by atoms with Gasteiger partial charge in [-0.2, -0.15) is 30.7 Å². The predicted octanol–water partition coefficient (Wildman–Crippen LogP) is 6.43. The Morgan fingerprint density at radius 1 is 1.05 bits per heavy atom. The van der Waals surface area contributed by atoms with E-state index in [2.05, 4.69) is 5.16 Å². The van der Waals surface area contributed by atoms with E-state index in [1.807, 2.05) is 6.07 Å². The van der Waals surface area contributed by atoms with Crippen LogP contribution in [0.15, 0.2) is 23.4 Å². The van der Waals surface area contributed by atoms with Gasteiger partial charge >= 0.3 is 23.9 Å². The van der Waals surface area contributed by atoms with E-state index in [4.69, 9.17) is 14.0 Å². The summed E-state index contributed by atoms with van der Waals surface area (Å²) in [6.07, 6.45) is -5.64. The number of nitrogens with zero attached hydrogens (tertiary/aromatic N) is 2. The molecule has 1 aromatic carbocycles. The summed E-state index contributed by atoms with van der Waals surface area (Å²) in [5, 5.41) is 4.04. The van der Waals surface area contributed by atoms with Gasteiger partial charge in [-0.15, -0.1) is 0 Å². The maximum absolute atomic E-state index is 14.5. The fourth-order valence-electron chi connectivity index (χ4n) is 4.15. The lowest BCUT2D eigenvalue weighted by Gasteiger charge is -2.42. The second kappa shape index (κ2) is 11.6. The maximum atomic E-state index is 14.5. The predicted molar refractivity (Wildman–Crippen MR) is 134 cm³/mol. The van der Waals surface area contributed by atoms with E-state index in [1.165, 1.54) is 27.9 Å². The molecule has 0 radical (unpaired) electrons. The van der Waals surface area contributed by atoms with Gasteiger partial charge in [0.2, 0.25) is 0 Å². The average molecular weight is 589 g/mol. The van der Waals surface area contributed by atoms with E-state index >= 15 is 0 Å². The lowest BCUT2D eigenvalue weighted by Crippen LogP contribution is -2.64. The Bertz CT molecular complexity index is 1050. The minimum atomic E-state index is -6.63. The standard InChI is InChI=1S/C25H35F7N2O4Si/c1-22(2,3)34(21(35)23(26,27)24(28,29)25(30,31)32)14-16(38-39(5,6)7)15-37-20-13-9-10-17-18(20)11-8-12-19(17)33-36-4/h9-10,13,16H,8,11-12,14-15H2,1-7H3/b33-19+. The van der Waals surface area contributed by atoms with E-state index in [0.29, 0.717) is 23.5 Å². The van der Waals surface area contributed by atoms with Crippen LogP contribution >= 0.6 is 0 Å². The first-order chi connectivity index (χ1) is 17.6. The van der Waals surface area contributed by atoms with Gasteiger partial charge in [0.05, 0.1) is 11.8 Å². The number of amides is 1. The zero-order valence-electron chi connectivity index (χ0n) is 23.0. The third-order valence-electron chi connectivity index (χ3n) is 5.89. The molecule has 1 aromatic rings. The fraction of sp³-hybridized carbons (Fsp3) is 0.680. The van der Waals surface area contributed by atoms with Gasteiger partial charge in [0.25, 0.3) is 0 Å². The summed E-state index contributed by atoms with van der Waals surface area (Å²) in [6, 6.07) is 5.26. The van der Waals surface area contributed by atoms with Crippen LogP contribution in [0.25, 0.3) is 0 Å². The molecule has 222 valence electrons. The van der Waals surface area contributed by atoms with Crippen LogP contribution in [-0.4, -0.2) is 74.8 Å². The van der Waals surface area contributed by atoms with Crippen molar-refractivity contribution in [1.29, 1.82) is 0 Å². The van der Waals surface area contributed by atoms with Crippen molar-refractivity contribution in [3.8, 4) is 5.75 Å². The van der Waals surface area contributed by atoms with Gasteiger partial charge in [-0.3, -0.25) is 4.79 Å². The lowest BCUT2D eigenvalue weighted by molar-refractivity contribution is -0.346. The molecule has 0 heterocycles. The van der Waals surface area contributed by atoms with Crippen LogP contribution in [0.5, 0.6) is 5.75 Å². The molecule has 1 atom stereocenters. The van der Waals surface area contributed by atoms with Crippen LogP contribution in [0.4, 0.5) is 30.7 Å². The summed E-state index contributed by atoms with van der Waals surface area (Å²) in [6.45, 7) is 8.09. The van der Waals surface area contributed by atoms with Gasteiger partial charge < -0.3 is 18.9 Å². The number of ether oxygens (including phenoxy) is 1. The quantitative estimate of drug-likeness (QED) is 0.180. The molecular weight excluding hydrogens is 553 g/mol. The van der Waals surface area contributed by atoms with Gasteiger partial charge in [0.15, 0.2) is 8.32 Å². The number of carbonyl (C=O) groups excluding carboxylic acids is 1. The van der Waals surface area contributed by atoms with Crippen molar-refractivity contribution in [2.75, 3.05) is 20.3 Å². The van der Waals surface area contributed by atoms with E-state index in [9.17, 15) is 35.5 Å². The highest BCUT2D eigenvalue weighted by atomic mass is 28.4. The Morgan fingerprint density at radius 2 is 1.67 bits per heavy atom. The Hall–Kier alpha value is -2.35. The second-order valence-electron chi connectivity index (χ2n) is 11.3. The number of fused-ring (bicyclic) bond motifs is 1. The molecule has 1 unspecified atom stereocenters. The number of hydrogen-bond donors (Lipinski definition) is 0. The molecule has 6 nitrogen and oxygen atoms in total. The molecule has 0 aliphatic heterocycles. The van der Waals surface area contributed by atoms with Gasteiger partial charge in [-0.25, -0.2) is 0 Å². The van der Waals surface area contributed by atoms with Crippen molar-refractivity contribution in [3.63, 3.8) is 0 Å². The molecule has 1 amide bonds. The average Bonchev–Trinajstić information content (AvgIpc) is 2.78. The van der Waals surface area contributed by atoms with Crippen molar-refractivity contribution in [2.45, 2.75) is 89.3 Å². The van der Waals surface area contributed by atoms with Crippen molar-refractivity contribution < 1.29 is 49.5 Å². The van der Waals surface area contributed by atoms with Crippen LogP contribution in [0.3, 0.4) is 0 Å². The highest BCUT2D eigenvalue weighted by Gasteiger charge is 2.77. The van der Waals surface area contributed by atoms with Crippen LogP contribution in [0, 0.1) is 0 Å². The Balaban J connectivity index is 2.40. The molecule has 0 N–H and O–H groups in total. The largest absolute Gasteiger partial charge is 0.491 e. The maximum Gasteiger partial charge on any atom is 0.460 e. The summed E-state index contributed by atoms with van der Waals surface area (Å²) in [4.78, 5) is 17.9. The molecule has 2 rings (SSSR count). The lowest BCUT2D eigenvalue weighted by atomic mass is 9.89. The normalized spacial score (nSPS) is 17.0. The number of halogens is 7. The minimum Gasteiger partial charge on any atom is -0.491 e. The minimum absolute atomic E-state index is 0.279. The Labute approximate surface area is 224 Å². The molecule has 0 fully saturated rings. The molecule has 0 bridgehead atoms. The van der Waals surface area contributed by atoms with Gasteiger partial charge in [0, 0.05) is 23.2 Å². The van der Waals surface area contributed by atoms with Crippen LogP contribution in [-0.2, 0) is 20.5 Å². The summed E-state index contributed by atoms with van der Waals surface area (Å²) in [5.74, 6) is -14.8. The second-order valence-corrected chi connectivity index (χ2v) is 15.7. The monoisotopic (exact) mass is 588 g/mol. The summed E-state index contributed by atoms with van der Waals surface area (Å²) >= 11 is 0. The molecule has 0 saturated heterocycles. The molecular formula is C25H35F7N2O4Si. The van der Waals surface area contributed by atoms with Crippen molar-refractivity contribution >= 4 is 19.9 Å². The summed E-state index contributed by atoms with van der Waals surface area (Å²) < 4.78 is 107. The SMILES string of the molecule is CO/N=C1\CCCc2c(OCC(CN(C(=O)C(F)(F)C(F)(F)C(F)(F)F)C(C)(C)C)O[Si](C)(C)C)cccc21. The first-order valence-corrected chi connectivity index (χ1v) is 15.7. The van der Waals surface area contributed by atoms with E-state index < -0.39 is 50.4 Å². The number of rotatable bonds is 10. The van der Waals surface area contributed by atoms with Crippen molar-refractivity contribution in [2.24, 2.45) is 5.16 Å².